The molecule has 0 spiro atoms. The molecule has 0 aliphatic carbocycles. The Kier molecular flexibility index (Phi) is 6.53. The summed E-state index contributed by atoms with van der Waals surface area (Å²) in [6, 6.07) is 8.57. The van der Waals surface area contributed by atoms with Gasteiger partial charge in [-0.3, -0.25) is 18.7 Å². The first-order chi connectivity index (χ1) is 14.7. The molecule has 0 aliphatic heterocycles. The van der Waals surface area contributed by atoms with Crippen LogP contribution in [-0.4, -0.2) is 35.8 Å². The van der Waals surface area contributed by atoms with Crippen molar-refractivity contribution in [1.29, 1.82) is 0 Å². The fourth-order valence-corrected chi connectivity index (χ4v) is 4.00. The van der Waals surface area contributed by atoms with Crippen LogP contribution in [0.25, 0.3) is 11.2 Å². The maximum atomic E-state index is 13.4. The fraction of sp³-hybridized carbons (Fsp3) is 0.364. The van der Waals surface area contributed by atoms with Crippen LogP contribution in [0.15, 0.2) is 45.1 Å². The molecule has 3 aromatic rings. The molecular formula is C22H25N5O3S. The molecule has 1 aromatic carbocycles. The minimum Gasteiger partial charge on any atom is -0.329 e. The second-order valence-corrected chi connectivity index (χ2v) is 9.34. The third kappa shape index (κ3) is 4.50. The van der Waals surface area contributed by atoms with Gasteiger partial charge in [-0.05, 0) is 20.8 Å². The molecule has 9 heteroatoms. The van der Waals surface area contributed by atoms with Crippen molar-refractivity contribution < 1.29 is 4.79 Å². The Morgan fingerprint density at radius 2 is 1.87 bits per heavy atom. The lowest BCUT2D eigenvalue weighted by Gasteiger charge is -2.21. The van der Waals surface area contributed by atoms with Crippen LogP contribution in [0.5, 0.6) is 0 Å². The normalized spacial score (nSPS) is 11.4. The molecular weight excluding hydrogens is 414 g/mol. The van der Waals surface area contributed by atoms with Gasteiger partial charge in [0.05, 0.1) is 13.1 Å². The summed E-state index contributed by atoms with van der Waals surface area (Å²) in [5, 5.41) is 0.549. The summed E-state index contributed by atoms with van der Waals surface area (Å²) in [5.74, 6) is 5.46. The van der Waals surface area contributed by atoms with Gasteiger partial charge in [0, 0.05) is 23.9 Å². The molecule has 31 heavy (non-hydrogen) atoms. The van der Waals surface area contributed by atoms with E-state index >= 15 is 0 Å². The van der Waals surface area contributed by atoms with E-state index in [9.17, 15) is 14.4 Å². The van der Waals surface area contributed by atoms with Crippen LogP contribution in [0.3, 0.4) is 0 Å². The van der Waals surface area contributed by atoms with Gasteiger partial charge in [-0.15, -0.1) is 5.92 Å². The van der Waals surface area contributed by atoms with Crippen LogP contribution in [0.4, 0.5) is 0 Å². The highest BCUT2D eigenvalue weighted by molar-refractivity contribution is 8.00. The summed E-state index contributed by atoms with van der Waals surface area (Å²) >= 11 is 1.42. The van der Waals surface area contributed by atoms with Crippen LogP contribution in [-0.2, 0) is 20.1 Å². The number of imidazole rings is 1. The maximum absolute atomic E-state index is 13.4. The van der Waals surface area contributed by atoms with Crippen LogP contribution in [0.2, 0.25) is 0 Å². The SMILES string of the molecule is CC#CCn1c(SC(C)(C)CN)nc2c1c(=O)n(CC(=O)c1ccccc1)c(=O)n2C. The summed E-state index contributed by atoms with van der Waals surface area (Å²) in [6.45, 7) is 5.94. The molecule has 0 amide bonds. The minimum atomic E-state index is -0.595. The fourth-order valence-electron chi connectivity index (χ4n) is 3.02. The number of aryl methyl sites for hydroxylation is 1. The number of benzene rings is 1. The Hall–Kier alpha value is -3.09. The molecule has 0 unspecified atom stereocenters. The highest BCUT2D eigenvalue weighted by Crippen LogP contribution is 2.32. The molecule has 2 N–H and O–H groups in total. The van der Waals surface area contributed by atoms with Crippen molar-refractivity contribution in [2.75, 3.05) is 6.54 Å². The van der Waals surface area contributed by atoms with Gasteiger partial charge < -0.3 is 10.3 Å². The molecule has 0 fully saturated rings. The number of Topliss-reactive ketones (excluding diaryl/α,β-unsaturated/α-hetero) is 1. The Labute approximate surface area is 184 Å². The molecule has 0 aliphatic rings. The van der Waals surface area contributed by atoms with Gasteiger partial charge in [-0.1, -0.05) is 48.0 Å². The smallest absolute Gasteiger partial charge is 0.329 e. The van der Waals surface area contributed by atoms with E-state index < -0.39 is 11.2 Å². The number of rotatable bonds is 7. The highest BCUT2D eigenvalue weighted by atomic mass is 32.2. The van der Waals surface area contributed by atoms with Crippen LogP contribution in [0, 0.1) is 11.8 Å². The number of fused-ring (bicyclic) bond motifs is 1. The van der Waals surface area contributed by atoms with Crippen molar-refractivity contribution in [1.82, 2.24) is 18.7 Å². The Morgan fingerprint density at radius 1 is 1.19 bits per heavy atom. The number of hydrogen-bond acceptors (Lipinski definition) is 6. The van der Waals surface area contributed by atoms with Gasteiger partial charge in [0.15, 0.2) is 22.1 Å². The largest absolute Gasteiger partial charge is 0.332 e. The summed E-state index contributed by atoms with van der Waals surface area (Å²) < 4.78 is 3.61. The van der Waals surface area contributed by atoms with E-state index in [4.69, 9.17) is 5.73 Å². The first-order valence-corrected chi connectivity index (χ1v) is 10.6. The van der Waals surface area contributed by atoms with E-state index in [0.29, 0.717) is 17.3 Å². The lowest BCUT2D eigenvalue weighted by molar-refractivity contribution is 0.0969. The second-order valence-electron chi connectivity index (χ2n) is 7.67. The monoisotopic (exact) mass is 439 g/mol. The maximum Gasteiger partial charge on any atom is 0.332 e. The average Bonchev–Trinajstić information content (AvgIpc) is 3.11. The predicted molar refractivity (Wildman–Crippen MR) is 122 cm³/mol. The number of carbonyl (C=O) groups is 1. The third-order valence-corrected chi connectivity index (χ3v) is 6.08. The Balaban J connectivity index is 2.22. The summed E-state index contributed by atoms with van der Waals surface area (Å²) in [6.07, 6.45) is 0. The second kappa shape index (κ2) is 8.96. The van der Waals surface area contributed by atoms with Gasteiger partial charge in [0.2, 0.25) is 0 Å². The topological polar surface area (TPSA) is 105 Å². The molecule has 162 valence electrons. The standard InChI is InChI=1S/C22H25N5O3S/c1-5-6-12-26-17-18(24-20(26)31-22(2,3)14-23)25(4)21(30)27(19(17)29)13-16(28)15-10-8-7-9-11-15/h7-11H,12-14,23H2,1-4H3. The molecule has 2 heterocycles. The molecule has 0 atom stereocenters. The Morgan fingerprint density at radius 3 is 2.48 bits per heavy atom. The lowest BCUT2D eigenvalue weighted by Crippen LogP contribution is -2.41. The molecule has 0 radical (unpaired) electrons. The summed E-state index contributed by atoms with van der Waals surface area (Å²) in [4.78, 5) is 43.5. The van der Waals surface area contributed by atoms with E-state index in [2.05, 4.69) is 16.8 Å². The number of nitrogens with zero attached hydrogens (tertiary/aromatic N) is 4. The van der Waals surface area contributed by atoms with Crippen LogP contribution in [0.1, 0.15) is 31.1 Å². The average molecular weight is 440 g/mol. The predicted octanol–water partition coefficient (Wildman–Crippen LogP) is 1.63. The first kappa shape index (κ1) is 22.6. The molecule has 0 saturated carbocycles. The molecule has 0 bridgehead atoms. The van der Waals surface area contributed by atoms with E-state index in [0.717, 1.165) is 4.57 Å². The van der Waals surface area contributed by atoms with E-state index in [1.165, 1.54) is 16.3 Å². The van der Waals surface area contributed by atoms with Crippen LogP contribution < -0.4 is 17.0 Å². The number of aromatic nitrogens is 4. The van der Waals surface area contributed by atoms with Crippen molar-refractivity contribution >= 4 is 28.7 Å². The first-order valence-electron chi connectivity index (χ1n) is 9.77. The molecule has 8 nitrogen and oxygen atoms in total. The minimum absolute atomic E-state index is 0.232. The quantitative estimate of drug-likeness (QED) is 0.341. The molecule has 3 rings (SSSR count). The summed E-state index contributed by atoms with van der Waals surface area (Å²) in [7, 11) is 1.54. The number of hydrogen-bond donors (Lipinski definition) is 1. The number of carbonyl (C=O) groups excluding carboxylic acids is 1. The van der Waals surface area contributed by atoms with Crippen molar-refractivity contribution in [2.24, 2.45) is 12.8 Å². The zero-order chi connectivity index (χ0) is 22.8. The van der Waals surface area contributed by atoms with Gasteiger partial charge in [-0.2, -0.15) is 0 Å². The number of ketones is 1. The zero-order valence-electron chi connectivity index (χ0n) is 18.0. The van der Waals surface area contributed by atoms with Crippen molar-refractivity contribution in [3.8, 4) is 11.8 Å². The van der Waals surface area contributed by atoms with Gasteiger partial charge >= 0.3 is 5.69 Å². The van der Waals surface area contributed by atoms with E-state index in [1.54, 1.807) is 48.9 Å². The van der Waals surface area contributed by atoms with E-state index in [1.807, 2.05) is 13.8 Å². The highest BCUT2D eigenvalue weighted by Gasteiger charge is 2.26. The lowest BCUT2D eigenvalue weighted by atomic mass is 10.1. The van der Waals surface area contributed by atoms with E-state index in [-0.39, 0.29) is 34.8 Å². The van der Waals surface area contributed by atoms with Crippen molar-refractivity contribution in [3.63, 3.8) is 0 Å². The van der Waals surface area contributed by atoms with Crippen molar-refractivity contribution in [2.45, 2.75) is 43.8 Å². The van der Waals surface area contributed by atoms with Crippen LogP contribution >= 0.6 is 11.8 Å². The zero-order valence-corrected chi connectivity index (χ0v) is 18.8. The third-order valence-electron chi connectivity index (χ3n) is 4.87. The number of nitrogens with two attached hydrogens (primary N) is 1. The molecule has 0 saturated heterocycles. The Bertz CT molecular complexity index is 1310. The number of thioether (sulfide) groups is 1. The summed E-state index contributed by atoms with van der Waals surface area (Å²) in [5.41, 5.74) is 5.64. The van der Waals surface area contributed by atoms with Crippen molar-refractivity contribution in [3.05, 3.63) is 56.7 Å². The van der Waals surface area contributed by atoms with Gasteiger partial charge in [0.1, 0.15) is 0 Å². The van der Waals surface area contributed by atoms with Gasteiger partial charge in [-0.25, -0.2) is 9.78 Å². The van der Waals surface area contributed by atoms with Gasteiger partial charge in [0.25, 0.3) is 5.56 Å². The molecule has 2 aromatic heterocycles.